The molecule has 1 rings (SSSR count). The van der Waals surface area contributed by atoms with E-state index in [1.165, 1.54) is 0 Å². The van der Waals surface area contributed by atoms with Crippen molar-refractivity contribution < 1.29 is 22.1 Å². The Labute approximate surface area is 129 Å². The molecule has 0 aliphatic heterocycles. The van der Waals surface area contributed by atoms with Crippen LogP contribution >= 0.6 is 10.7 Å². The fourth-order valence-corrected chi connectivity index (χ4v) is 2.80. The van der Waals surface area contributed by atoms with Crippen LogP contribution in [-0.2, 0) is 29.7 Å². The van der Waals surface area contributed by atoms with E-state index in [-0.39, 0.29) is 6.61 Å². The van der Waals surface area contributed by atoms with E-state index in [4.69, 9.17) is 19.6 Å². The molecule has 7 heteroatoms. The topological polar surface area (TPSA) is 69.7 Å². The van der Waals surface area contributed by atoms with E-state index in [2.05, 4.69) is 0 Å². The second-order valence-electron chi connectivity index (χ2n) is 5.17. The third-order valence-corrected chi connectivity index (χ3v) is 3.83. The van der Waals surface area contributed by atoms with E-state index >= 15 is 0 Å². The number of halogens is 1. The van der Waals surface area contributed by atoms with Gasteiger partial charge in [-0.25, -0.2) is 0 Å². The molecule has 0 aromatic heterocycles. The van der Waals surface area contributed by atoms with Crippen molar-refractivity contribution in [3.63, 3.8) is 0 Å². The molecule has 0 aliphatic carbocycles. The molecule has 0 N–H and O–H groups in total. The predicted octanol–water partition coefficient (Wildman–Crippen LogP) is 3.03. The van der Waals surface area contributed by atoms with Crippen molar-refractivity contribution in [2.75, 3.05) is 0 Å². The van der Waals surface area contributed by atoms with Crippen LogP contribution in [0.4, 0.5) is 0 Å². The summed E-state index contributed by atoms with van der Waals surface area (Å²) in [5.74, 6) is -0.543. The van der Waals surface area contributed by atoms with Crippen molar-refractivity contribution >= 4 is 26.0 Å². The molecule has 0 heterocycles. The average molecular weight is 335 g/mol. The van der Waals surface area contributed by atoms with Crippen LogP contribution in [0.3, 0.4) is 0 Å². The highest BCUT2D eigenvalue weighted by molar-refractivity contribution is 8.10. The molecule has 0 spiro atoms. The Morgan fingerprint density at radius 2 is 1.86 bits per heavy atom. The van der Waals surface area contributed by atoms with E-state index in [0.717, 1.165) is 5.56 Å². The molecule has 0 saturated carbocycles. The number of benzene rings is 1. The Bertz CT molecular complexity index is 568. The van der Waals surface area contributed by atoms with Crippen LogP contribution in [0.25, 0.3) is 0 Å². The van der Waals surface area contributed by atoms with Crippen molar-refractivity contribution in [2.24, 2.45) is 5.41 Å². The summed E-state index contributed by atoms with van der Waals surface area (Å²) in [6, 6.07) is 9.20. The van der Waals surface area contributed by atoms with Gasteiger partial charge in [0.1, 0.15) is 6.61 Å². The molecule has 5 nitrogen and oxygen atoms in total. The van der Waals surface area contributed by atoms with Gasteiger partial charge in [-0.3, -0.25) is 8.98 Å². The highest BCUT2D eigenvalue weighted by Crippen LogP contribution is 2.30. The second kappa shape index (κ2) is 7.24. The van der Waals surface area contributed by atoms with Crippen molar-refractivity contribution in [3.8, 4) is 0 Å². The van der Waals surface area contributed by atoms with Gasteiger partial charge in [0.25, 0.3) is 0 Å². The molecule has 1 aromatic carbocycles. The van der Waals surface area contributed by atoms with Crippen LogP contribution in [0, 0.1) is 5.41 Å². The van der Waals surface area contributed by atoms with Gasteiger partial charge in [-0.1, -0.05) is 37.3 Å². The smallest absolute Gasteiger partial charge is 0.355 e. The van der Waals surface area contributed by atoms with Crippen molar-refractivity contribution in [3.05, 3.63) is 35.9 Å². The van der Waals surface area contributed by atoms with Gasteiger partial charge in [0.2, 0.25) is 0 Å². The fraction of sp³-hybridized carbons (Fsp3) is 0.500. The molecule has 1 atom stereocenters. The normalized spacial score (nSPS) is 13.7. The molecule has 118 valence electrons. The minimum Gasteiger partial charge on any atom is -0.460 e. The summed E-state index contributed by atoms with van der Waals surface area (Å²) in [6.45, 7) is 4.96. The van der Waals surface area contributed by atoms with Crippen molar-refractivity contribution in [1.82, 2.24) is 0 Å². The van der Waals surface area contributed by atoms with Crippen LogP contribution in [-0.4, -0.2) is 20.5 Å². The van der Waals surface area contributed by atoms with E-state index in [1.54, 1.807) is 20.8 Å². The van der Waals surface area contributed by atoms with Gasteiger partial charge < -0.3 is 4.74 Å². The molecule has 0 saturated heterocycles. The lowest BCUT2D eigenvalue weighted by atomic mass is 9.85. The fourth-order valence-electron chi connectivity index (χ4n) is 1.88. The molecule has 0 aliphatic rings. The highest BCUT2D eigenvalue weighted by Gasteiger charge is 2.40. The Hall–Kier alpha value is -1.11. The Kier molecular flexibility index (Phi) is 6.19. The SMILES string of the molecule is CCC(OS(=O)(=O)Cl)C(C)(C)C(=O)OCc1ccccc1. The maximum atomic E-state index is 12.2. The number of ether oxygens (including phenoxy) is 1. The zero-order valence-electron chi connectivity index (χ0n) is 12.2. The number of hydrogen-bond acceptors (Lipinski definition) is 5. The van der Waals surface area contributed by atoms with E-state index in [0.29, 0.717) is 6.42 Å². The summed E-state index contributed by atoms with van der Waals surface area (Å²) in [7, 11) is 0.933. The quantitative estimate of drug-likeness (QED) is 0.566. The third-order valence-electron chi connectivity index (χ3n) is 3.15. The van der Waals surface area contributed by atoms with Gasteiger partial charge in [0.15, 0.2) is 0 Å². The first kappa shape index (κ1) is 17.9. The second-order valence-corrected chi connectivity index (χ2v) is 7.28. The zero-order chi connectivity index (χ0) is 16.1. The predicted molar refractivity (Wildman–Crippen MR) is 80.0 cm³/mol. The molecule has 1 aromatic rings. The van der Waals surface area contributed by atoms with Gasteiger partial charge in [0, 0.05) is 10.7 Å². The maximum Gasteiger partial charge on any atom is 0.355 e. The van der Waals surface area contributed by atoms with Crippen LogP contribution < -0.4 is 0 Å². The van der Waals surface area contributed by atoms with E-state index < -0.39 is 26.8 Å². The van der Waals surface area contributed by atoms with Gasteiger partial charge in [-0.2, -0.15) is 8.42 Å². The van der Waals surface area contributed by atoms with Crippen LogP contribution in [0.1, 0.15) is 32.8 Å². The average Bonchev–Trinajstić information content (AvgIpc) is 2.42. The lowest BCUT2D eigenvalue weighted by Gasteiger charge is -2.29. The first-order valence-corrected chi connectivity index (χ1v) is 8.74. The summed E-state index contributed by atoms with van der Waals surface area (Å²) in [6.07, 6.45) is -0.581. The minimum absolute atomic E-state index is 0.118. The van der Waals surface area contributed by atoms with Gasteiger partial charge in [0.05, 0.1) is 11.5 Å². The summed E-state index contributed by atoms with van der Waals surface area (Å²) >= 11 is 0. The van der Waals surface area contributed by atoms with Gasteiger partial charge in [-0.15, -0.1) is 0 Å². The van der Waals surface area contributed by atoms with Crippen LogP contribution in [0.5, 0.6) is 0 Å². The van der Waals surface area contributed by atoms with Gasteiger partial charge in [-0.05, 0) is 25.8 Å². The number of carbonyl (C=O) groups is 1. The number of rotatable bonds is 7. The summed E-state index contributed by atoms with van der Waals surface area (Å²) in [5, 5.41) is 0. The van der Waals surface area contributed by atoms with Crippen molar-refractivity contribution in [1.29, 1.82) is 0 Å². The summed E-state index contributed by atoms with van der Waals surface area (Å²) < 4.78 is 32.1. The van der Waals surface area contributed by atoms with Crippen molar-refractivity contribution in [2.45, 2.75) is 39.9 Å². The Balaban J connectivity index is 2.73. The standard InChI is InChI=1S/C14H19ClO5S/c1-4-12(20-21(15,17)18)14(2,3)13(16)19-10-11-8-6-5-7-9-11/h5-9,12H,4,10H2,1-3H3. The summed E-state index contributed by atoms with van der Waals surface area (Å²) in [4.78, 5) is 12.2. The van der Waals surface area contributed by atoms with E-state index in [9.17, 15) is 13.2 Å². The van der Waals surface area contributed by atoms with Crippen LogP contribution in [0.2, 0.25) is 0 Å². The van der Waals surface area contributed by atoms with E-state index in [1.807, 2.05) is 30.3 Å². The zero-order valence-corrected chi connectivity index (χ0v) is 13.8. The maximum absolute atomic E-state index is 12.2. The van der Waals surface area contributed by atoms with Gasteiger partial charge >= 0.3 is 15.3 Å². The number of esters is 1. The molecule has 0 amide bonds. The Morgan fingerprint density at radius 1 is 1.29 bits per heavy atom. The lowest BCUT2D eigenvalue weighted by Crippen LogP contribution is -2.40. The first-order valence-electron chi connectivity index (χ1n) is 6.51. The molecule has 0 radical (unpaired) electrons. The lowest BCUT2D eigenvalue weighted by molar-refractivity contribution is -0.160. The first-order chi connectivity index (χ1) is 9.66. The molecule has 1 unspecified atom stereocenters. The highest BCUT2D eigenvalue weighted by atomic mass is 35.7. The largest absolute Gasteiger partial charge is 0.460 e. The monoisotopic (exact) mass is 334 g/mol. The Morgan fingerprint density at radius 3 is 2.33 bits per heavy atom. The number of hydrogen-bond donors (Lipinski definition) is 0. The summed E-state index contributed by atoms with van der Waals surface area (Å²) in [5.41, 5.74) is -0.286. The molecule has 0 fully saturated rings. The molecule has 21 heavy (non-hydrogen) atoms. The van der Waals surface area contributed by atoms with Crippen LogP contribution in [0.15, 0.2) is 30.3 Å². The minimum atomic E-state index is -4.15. The molecule has 0 bridgehead atoms. The molecular weight excluding hydrogens is 316 g/mol. The molecular formula is C14H19ClO5S. The third kappa shape index (κ3) is 5.65. The number of carbonyl (C=O) groups excluding carboxylic acids is 1.